The number of aliphatic hydroxyl groups excluding tert-OH is 1. The number of benzene rings is 1. The summed E-state index contributed by atoms with van der Waals surface area (Å²) >= 11 is 0. The number of aliphatic hydroxyl groups is 1. The lowest BCUT2D eigenvalue weighted by molar-refractivity contribution is 0.214. The number of hydrogen-bond donors (Lipinski definition) is 1. The van der Waals surface area contributed by atoms with Crippen LogP contribution in [0.3, 0.4) is 0 Å². The summed E-state index contributed by atoms with van der Waals surface area (Å²) in [5, 5.41) is 10.4. The molecule has 1 heterocycles. The highest BCUT2D eigenvalue weighted by molar-refractivity contribution is 5.34. The molecule has 0 spiro atoms. The van der Waals surface area contributed by atoms with Crippen LogP contribution in [0.5, 0.6) is 5.75 Å². The number of aryl methyl sites for hydroxylation is 1. The van der Waals surface area contributed by atoms with Crippen LogP contribution >= 0.6 is 0 Å². The highest BCUT2D eigenvalue weighted by Gasteiger charge is 2.14. The normalized spacial score (nSPS) is 12.2. The summed E-state index contributed by atoms with van der Waals surface area (Å²) in [6.45, 7) is 2.06. The quantitative estimate of drug-likeness (QED) is 0.897. The molecule has 0 aliphatic rings. The smallest absolute Gasteiger partial charge is 0.121 e. The Morgan fingerprint density at radius 3 is 2.56 bits per heavy atom. The molecule has 0 saturated carbocycles. The lowest BCUT2D eigenvalue weighted by Gasteiger charge is -2.14. The molecule has 1 aromatic carbocycles. The van der Waals surface area contributed by atoms with Crippen molar-refractivity contribution in [2.45, 2.75) is 19.4 Å². The van der Waals surface area contributed by atoms with Gasteiger partial charge in [0.05, 0.1) is 12.8 Å². The van der Waals surface area contributed by atoms with Crippen LogP contribution < -0.4 is 4.74 Å². The van der Waals surface area contributed by atoms with Crippen LogP contribution in [0, 0.1) is 0 Å². The van der Waals surface area contributed by atoms with E-state index in [2.05, 4.69) is 11.9 Å². The summed E-state index contributed by atoms with van der Waals surface area (Å²) < 4.78 is 5.10. The first-order chi connectivity index (χ1) is 8.76. The van der Waals surface area contributed by atoms with Crippen LogP contribution in [0.15, 0.2) is 42.6 Å². The molecule has 0 aliphatic carbocycles. The lowest BCUT2D eigenvalue weighted by atomic mass is 10.0. The van der Waals surface area contributed by atoms with E-state index in [0.29, 0.717) is 0 Å². The molecule has 1 atom stereocenters. The standard InChI is InChI=1S/C15H17NO2/c1-3-11-5-4-10-16-14(11)15(17)12-6-8-13(18-2)9-7-12/h4-10,15,17H,3H2,1-2H3. The fourth-order valence-corrected chi connectivity index (χ4v) is 1.94. The van der Waals surface area contributed by atoms with Gasteiger partial charge in [0.2, 0.25) is 0 Å². The van der Waals surface area contributed by atoms with E-state index in [1.54, 1.807) is 13.3 Å². The molecule has 1 unspecified atom stereocenters. The maximum absolute atomic E-state index is 10.4. The van der Waals surface area contributed by atoms with Gasteiger partial charge in [-0.1, -0.05) is 25.1 Å². The maximum Gasteiger partial charge on any atom is 0.121 e. The SMILES string of the molecule is CCc1cccnc1C(O)c1ccc(OC)cc1. The molecule has 2 aromatic rings. The molecule has 0 amide bonds. The summed E-state index contributed by atoms with van der Waals surface area (Å²) in [6, 6.07) is 11.3. The van der Waals surface area contributed by atoms with Gasteiger partial charge in [-0.15, -0.1) is 0 Å². The van der Waals surface area contributed by atoms with E-state index in [1.807, 2.05) is 36.4 Å². The fraction of sp³-hybridized carbons (Fsp3) is 0.267. The first kappa shape index (κ1) is 12.6. The van der Waals surface area contributed by atoms with Crippen molar-refractivity contribution in [1.82, 2.24) is 4.98 Å². The van der Waals surface area contributed by atoms with E-state index < -0.39 is 6.10 Å². The number of ether oxygens (including phenoxy) is 1. The molecule has 1 N–H and O–H groups in total. The predicted octanol–water partition coefficient (Wildman–Crippen LogP) is 2.73. The van der Waals surface area contributed by atoms with Gasteiger partial charge in [0.1, 0.15) is 11.9 Å². The molecule has 1 aromatic heterocycles. The van der Waals surface area contributed by atoms with Gasteiger partial charge in [-0.2, -0.15) is 0 Å². The first-order valence-corrected chi connectivity index (χ1v) is 6.02. The molecule has 0 aliphatic heterocycles. The van der Waals surface area contributed by atoms with Crippen LogP contribution in [-0.2, 0) is 6.42 Å². The Labute approximate surface area is 107 Å². The summed E-state index contributed by atoms with van der Waals surface area (Å²) in [4.78, 5) is 4.29. The molecule has 3 nitrogen and oxygen atoms in total. The molecular weight excluding hydrogens is 226 g/mol. The highest BCUT2D eigenvalue weighted by atomic mass is 16.5. The second-order valence-electron chi connectivity index (χ2n) is 4.08. The molecule has 0 radical (unpaired) electrons. The van der Waals surface area contributed by atoms with E-state index in [-0.39, 0.29) is 0 Å². The Kier molecular flexibility index (Phi) is 3.95. The third kappa shape index (κ3) is 2.51. The van der Waals surface area contributed by atoms with Crippen LogP contribution in [0.25, 0.3) is 0 Å². The molecule has 0 fully saturated rings. The number of methoxy groups -OCH3 is 1. The Bertz CT molecular complexity index is 508. The molecular formula is C15H17NO2. The van der Waals surface area contributed by atoms with Crippen molar-refractivity contribution in [1.29, 1.82) is 0 Å². The average Bonchev–Trinajstić information content (AvgIpc) is 2.46. The van der Waals surface area contributed by atoms with Gasteiger partial charge in [0.25, 0.3) is 0 Å². The zero-order valence-corrected chi connectivity index (χ0v) is 10.6. The minimum atomic E-state index is -0.688. The van der Waals surface area contributed by atoms with Crippen molar-refractivity contribution in [2.24, 2.45) is 0 Å². The maximum atomic E-state index is 10.4. The number of pyridine rings is 1. The summed E-state index contributed by atoms with van der Waals surface area (Å²) in [7, 11) is 1.62. The van der Waals surface area contributed by atoms with Gasteiger partial charge < -0.3 is 9.84 Å². The summed E-state index contributed by atoms with van der Waals surface area (Å²) in [5.41, 5.74) is 2.62. The number of aromatic nitrogens is 1. The molecule has 2 rings (SSSR count). The van der Waals surface area contributed by atoms with E-state index in [9.17, 15) is 5.11 Å². The Balaban J connectivity index is 2.31. The number of hydrogen-bond acceptors (Lipinski definition) is 3. The van der Waals surface area contributed by atoms with Crippen LogP contribution in [0.4, 0.5) is 0 Å². The van der Waals surface area contributed by atoms with Gasteiger partial charge in [-0.3, -0.25) is 4.98 Å². The highest BCUT2D eigenvalue weighted by Crippen LogP contribution is 2.25. The molecule has 3 heteroatoms. The average molecular weight is 243 g/mol. The summed E-state index contributed by atoms with van der Waals surface area (Å²) in [5.74, 6) is 0.780. The van der Waals surface area contributed by atoms with E-state index in [0.717, 1.165) is 29.0 Å². The fourth-order valence-electron chi connectivity index (χ4n) is 1.94. The van der Waals surface area contributed by atoms with Crippen LogP contribution in [0.1, 0.15) is 29.8 Å². The lowest BCUT2D eigenvalue weighted by Crippen LogP contribution is -2.05. The zero-order chi connectivity index (χ0) is 13.0. The number of nitrogens with zero attached hydrogens (tertiary/aromatic N) is 1. The third-order valence-corrected chi connectivity index (χ3v) is 3.00. The second-order valence-corrected chi connectivity index (χ2v) is 4.08. The van der Waals surface area contributed by atoms with Crippen molar-refractivity contribution >= 4 is 0 Å². The largest absolute Gasteiger partial charge is 0.497 e. The zero-order valence-electron chi connectivity index (χ0n) is 10.6. The van der Waals surface area contributed by atoms with Gasteiger partial charge in [-0.25, -0.2) is 0 Å². The van der Waals surface area contributed by atoms with E-state index >= 15 is 0 Å². The van der Waals surface area contributed by atoms with Crippen molar-refractivity contribution in [2.75, 3.05) is 7.11 Å². The number of rotatable bonds is 4. The van der Waals surface area contributed by atoms with Crippen molar-refractivity contribution in [3.8, 4) is 5.75 Å². The molecule has 0 bridgehead atoms. The van der Waals surface area contributed by atoms with E-state index in [1.165, 1.54) is 0 Å². The van der Waals surface area contributed by atoms with Crippen LogP contribution in [-0.4, -0.2) is 17.2 Å². The molecule has 94 valence electrons. The van der Waals surface area contributed by atoms with Crippen LogP contribution in [0.2, 0.25) is 0 Å². The van der Waals surface area contributed by atoms with Gasteiger partial charge in [0.15, 0.2) is 0 Å². The van der Waals surface area contributed by atoms with Crippen molar-refractivity contribution < 1.29 is 9.84 Å². The Morgan fingerprint density at radius 2 is 1.94 bits per heavy atom. The predicted molar refractivity (Wildman–Crippen MR) is 70.7 cm³/mol. The van der Waals surface area contributed by atoms with Crippen molar-refractivity contribution in [3.05, 3.63) is 59.4 Å². The van der Waals surface area contributed by atoms with Gasteiger partial charge in [0, 0.05) is 6.20 Å². The van der Waals surface area contributed by atoms with Gasteiger partial charge in [-0.05, 0) is 35.7 Å². The molecule has 18 heavy (non-hydrogen) atoms. The molecule has 0 saturated heterocycles. The monoisotopic (exact) mass is 243 g/mol. The second kappa shape index (κ2) is 5.65. The van der Waals surface area contributed by atoms with Crippen molar-refractivity contribution in [3.63, 3.8) is 0 Å². The summed E-state index contributed by atoms with van der Waals surface area (Å²) in [6.07, 6.45) is 1.88. The minimum absolute atomic E-state index is 0.688. The minimum Gasteiger partial charge on any atom is -0.497 e. The van der Waals surface area contributed by atoms with E-state index in [4.69, 9.17) is 4.74 Å². The third-order valence-electron chi connectivity index (χ3n) is 3.00. The topological polar surface area (TPSA) is 42.4 Å². The first-order valence-electron chi connectivity index (χ1n) is 6.02. The Morgan fingerprint density at radius 1 is 1.22 bits per heavy atom. The van der Waals surface area contributed by atoms with Gasteiger partial charge >= 0.3 is 0 Å². The Hall–Kier alpha value is -1.87.